The Morgan fingerprint density at radius 3 is 2.84 bits per heavy atom. The normalized spacial score (nSPS) is 10.7. The number of hydrogen-bond acceptors (Lipinski definition) is 3. The number of hydrogen-bond donors (Lipinski definition) is 1. The lowest BCUT2D eigenvalue weighted by molar-refractivity contribution is -0.118. The number of carbonyl (C=O) groups is 1. The van der Waals surface area contributed by atoms with E-state index >= 15 is 0 Å². The highest BCUT2D eigenvalue weighted by Gasteiger charge is 2.01. The molecule has 0 saturated heterocycles. The molecule has 1 rings (SSSR count). The van der Waals surface area contributed by atoms with Crippen molar-refractivity contribution >= 4 is 17.7 Å². The van der Waals surface area contributed by atoms with Crippen LogP contribution in [-0.2, 0) is 10.5 Å². The maximum absolute atomic E-state index is 11.6. The molecular formula is C15H24N2OS. The van der Waals surface area contributed by atoms with Crippen molar-refractivity contribution in [3.05, 3.63) is 35.4 Å². The summed E-state index contributed by atoms with van der Waals surface area (Å²) in [5, 5.41) is 2.95. The van der Waals surface area contributed by atoms with Gasteiger partial charge in [-0.2, -0.15) is 0 Å². The van der Waals surface area contributed by atoms with Crippen molar-refractivity contribution in [3.63, 3.8) is 0 Å². The van der Waals surface area contributed by atoms with Crippen LogP contribution in [0.5, 0.6) is 0 Å². The number of amides is 1. The summed E-state index contributed by atoms with van der Waals surface area (Å²) in [7, 11) is 4.08. The van der Waals surface area contributed by atoms with Crippen LogP contribution in [0.3, 0.4) is 0 Å². The molecule has 0 unspecified atom stereocenters. The van der Waals surface area contributed by atoms with E-state index in [1.54, 1.807) is 11.8 Å². The van der Waals surface area contributed by atoms with E-state index in [9.17, 15) is 4.79 Å². The van der Waals surface area contributed by atoms with Crippen LogP contribution in [0.1, 0.15) is 17.5 Å². The molecule has 19 heavy (non-hydrogen) atoms. The summed E-state index contributed by atoms with van der Waals surface area (Å²) in [6.07, 6.45) is 1.00. The average Bonchev–Trinajstić information content (AvgIpc) is 2.34. The first-order valence-corrected chi connectivity index (χ1v) is 7.78. The van der Waals surface area contributed by atoms with E-state index in [4.69, 9.17) is 0 Å². The third kappa shape index (κ3) is 7.90. The molecule has 0 radical (unpaired) electrons. The molecule has 0 saturated carbocycles. The molecule has 4 heteroatoms. The highest BCUT2D eigenvalue weighted by atomic mass is 32.2. The Hall–Kier alpha value is -1.00. The van der Waals surface area contributed by atoms with Crippen LogP contribution in [-0.4, -0.2) is 43.7 Å². The molecule has 0 aliphatic carbocycles. The van der Waals surface area contributed by atoms with Gasteiger partial charge in [0.1, 0.15) is 0 Å². The standard InChI is InChI=1S/C15H24N2OS/c1-13-6-4-7-14(10-13)11-19-12-15(18)16-8-5-9-17(2)3/h4,6-7,10H,5,8-9,11-12H2,1-3H3,(H,16,18). The lowest BCUT2D eigenvalue weighted by atomic mass is 10.2. The average molecular weight is 280 g/mol. The second-order valence-corrected chi connectivity index (χ2v) is 5.97. The smallest absolute Gasteiger partial charge is 0.230 e. The molecule has 1 amide bonds. The summed E-state index contributed by atoms with van der Waals surface area (Å²) in [5.41, 5.74) is 2.55. The number of nitrogens with one attached hydrogen (secondary N) is 1. The zero-order valence-corrected chi connectivity index (χ0v) is 12.9. The second kappa shape index (κ2) is 8.99. The van der Waals surface area contributed by atoms with E-state index in [-0.39, 0.29) is 5.91 Å². The van der Waals surface area contributed by atoms with E-state index in [2.05, 4.69) is 41.4 Å². The van der Waals surface area contributed by atoms with Crippen LogP contribution in [0, 0.1) is 6.92 Å². The minimum Gasteiger partial charge on any atom is -0.355 e. The molecule has 0 fully saturated rings. The van der Waals surface area contributed by atoms with Gasteiger partial charge in [-0.25, -0.2) is 0 Å². The maximum atomic E-state index is 11.6. The Kier molecular flexibility index (Phi) is 7.60. The maximum Gasteiger partial charge on any atom is 0.230 e. The van der Waals surface area contributed by atoms with Gasteiger partial charge in [-0.05, 0) is 39.5 Å². The SMILES string of the molecule is Cc1cccc(CSCC(=O)NCCCN(C)C)c1. The molecule has 0 aromatic heterocycles. The number of nitrogens with zero attached hydrogens (tertiary/aromatic N) is 1. The molecule has 106 valence electrons. The van der Waals surface area contributed by atoms with Crippen molar-refractivity contribution < 1.29 is 4.79 Å². The van der Waals surface area contributed by atoms with Gasteiger partial charge >= 0.3 is 0 Å². The van der Waals surface area contributed by atoms with Gasteiger partial charge in [0.25, 0.3) is 0 Å². The Labute approximate surface area is 120 Å². The van der Waals surface area contributed by atoms with Gasteiger partial charge in [0, 0.05) is 12.3 Å². The van der Waals surface area contributed by atoms with Crippen LogP contribution in [0.2, 0.25) is 0 Å². The monoisotopic (exact) mass is 280 g/mol. The molecule has 0 spiro atoms. The van der Waals surface area contributed by atoms with Gasteiger partial charge in [0.15, 0.2) is 0 Å². The molecule has 1 aromatic carbocycles. The molecule has 1 aromatic rings. The van der Waals surface area contributed by atoms with Crippen molar-refractivity contribution in [3.8, 4) is 0 Å². The van der Waals surface area contributed by atoms with Crippen LogP contribution in [0.4, 0.5) is 0 Å². The fourth-order valence-electron chi connectivity index (χ4n) is 1.74. The summed E-state index contributed by atoms with van der Waals surface area (Å²) < 4.78 is 0. The highest BCUT2D eigenvalue weighted by Crippen LogP contribution is 2.13. The Balaban J connectivity index is 2.10. The largest absolute Gasteiger partial charge is 0.355 e. The summed E-state index contributed by atoms with van der Waals surface area (Å²) in [4.78, 5) is 13.7. The summed E-state index contributed by atoms with van der Waals surface area (Å²) in [6.45, 7) is 3.87. The molecule has 3 nitrogen and oxygen atoms in total. The molecule has 0 atom stereocenters. The summed E-state index contributed by atoms with van der Waals surface area (Å²) in [6, 6.07) is 8.43. The number of thioether (sulfide) groups is 1. The number of benzene rings is 1. The zero-order valence-electron chi connectivity index (χ0n) is 12.1. The first kappa shape index (κ1) is 16.1. The van der Waals surface area contributed by atoms with Gasteiger partial charge < -0.3 is 10.2 Å². The van der Waals surface area contributed by atoms with Crippen LogP contribution in [0.25, 0.3) is 0 Å². The van der Waals surface area contributed by atoms with Crippen molar-refractivity contribution in [1.29, 1.82) is 0 Å². The third-order valence-electron chi connectivity index (χ3n) is 2.69. The summed E-state index contributed by atoms with van der Waals surface area (Å²) >= 11 is 1.67. The molecule has 0 aliphatic rings. The van der Waals surface area contributed by atoms with Crippen LogP contribution in [0.15, 0.2) is 24.3 Å². The van der Waals surface area contributed by atoms with E-state index in [1.165, 1.54) is 11.1 Å². The highest BCUT2D eigenvalue weighted by molar-refractivity contribution is 7.99. The topological polar surface area (TPSA) is 32.3 Å². The molecule has 0 bridgehead atoms. The lowest BCUT2D eigenvalue weighted by Gasteiger charge is -2.09. The van der Waals surface area contributed by atoms with Gasteiger partial charge in [0.05, 0.1) is 5.75 Å². The van der Waals surface area contributed by atoms with Gasteiger partial charge in [-0.1, -0.05) is 29.8 Å². The fourth-order valence-corrected chi connectivity index (χ4v) is 2.54. The van der Waals surface area contributed by atoms with Crippen molar-refractivity contribution in [2.24, 2.45) is 0 Å². The van der Waals surface area contributed by atoms with Crippen LogP contribution < -0.4 is 5.32 Å². The molecule has 1 N–H and O–H groups in total. The number of carbonyl (C=O) groups excluding carboxylic acids is 1. The van der Waals surface area contributed by atoms with E-state index in [0.717, 1.165) is 25.3 Å². The Bertz CT molecular complexity index is 393. The first-order chi connectivity index (χ1) is 9.08. The van der Waals surface area contributed by atoms with Crippen LogP contribution >= 0.6 is 11.8 Å². The van der Waals surface area contributed by atoms with Gasteiger partial charge in [-0.15, -0.1) is 11.8 Å². The first-order valence-electron chi connectivity index (χ1n) is 6.62. The van der Waals surface area contributed by atoms with Crippen molar-refractivity contribution in [2.75, 3.05) is 32.9 Å². The Morgan fingerprint density at radius 1 is 1.37 bits per heavy atom. The minimum absolute atomic E-state index is 0.136. The quantitative estimate of drug-likeness (QED) is 0.742. The number of aryl methyl sites for hydroxylation is 1. The van der Waals surface area contributed by atoms with Crippen molar-refractivity contribution in [2.45, 2.75) is 19.1 Å². The van der Waals surface area contributed by atoms with E-state index in [0.29, 0.717) is 5.75 Å². The van der Waals surface area contributed by atoms with Gasteiger partial charge in [0.2, 0.25) is 5.91 Å². The van der Waals surface area contributed by atoms with Crippen molar-refractivity contribution in [1.82, 2.24) is 10.2 Å². The lowest BCUT2D eigenvalue weighted by Crippen LogP contribution is -2.28. The third-order valence-corrected chi connectivity index (χ3v) is 3.69. The van der Waals surface area contributed by atoms with E-state index < -0.39 is 0 Å². The number of rotatable bonds is 8. The molecule has 0 aliphatic heterocycles. The molecule has 0 heterocycles. The minimum atomic E-state index is 0.136. The summed E-state index contributed by atoms with van der Waals surface area (Å²) in [5.74, 6) is 1.57. The predicted octanol–water partition coefficient (Wildman–Crippen LogP) is 2.30. The predicted molar refractivity (Wildman–Crippen MR) is 83.5 cm³/mol. The fraction of sp³-hybridized carbons (Fsp3) is 0.533. The second-order valence-electron chi connectivity index (χ2n) is 4.99. The zero-order chi connectivity index (χ0) is 14.1. The Morgan fingerprint density at radius 2 is 2.16 bits per heavy atom. The molecular weight excluding hydrogens is 256 g/mol. The van der Waals surface area contributed by atoms with E-state index in [1.807, 2.05) is 14.1 Å². The van der Waals surface area contributed by atoms with Gasteiger partial charge in [-0.3, -0.25) is 4.79 Å².